The fourth-order valence-electron chi connectivity index (χ4n) is 2.21. The van der Waals surface area contributed by atoms with E-state index in [1.165, 1.54) is 6.20 Å². The molecule has 0 unspecified atom stereocenters. The first-order valence-electron chi connectivity index (χ1n) is 8.55. The van der Waals surface area contributed by atoms with Crippen molar-refractivity contribution < 1.29 is 14.3 Å². The summed E-state index contributed by atoms with van der Waals surface area (Å²) in [6, 6.07) is 7.60. The smallest absolute Gasteiger partial charge is 0.407 e. The third-order valence-electron chi connectivity index (χ3n) is 3.46. The Bertz CT molecular complexity index is 807. The van der Waals surface area contributed by atoms with Gasteiger partial charge in [0.15, 0.2) is 0 Å². The molecule has 0 aliphatic carbocycles. The van der Waals surface area contributed by atoms with Gasteiger partial charge in [-0.1, -0.05) is 15.9 Å². The van der Waals surface area contributed by atoms with Crippen molar-refractivity contribution in [3.05, 3.63) is 46.7 Å². The van der Waals surface area contributed by atoms with Gasteiger partial charge in [0, 0.05) is 17.2 Å². The summed E-state index contributed by atoms with van der Waals surface area (Å²) in [5.74, 6) is -0.269. The van der Waals surface area contributed by atoms with Crippen molar-refractivity contribution in [2.24, 2.45) is 0 Å². The molecule has 0 atom stereocenters. The third-order valence-corrected chi connectivity index (χ3v) is 3.99. The minimum atomic E-state index is -0.659. The molecule has 1 heterocycles. The summed E-state index contributed by atoms with van der Waals surface area (Å²) >= 11 is 3.39. The van der Waals surface area contributed by atoms with E-state index in [1.54, 1.807) is 31.6 Å². The number of hydrogen-bond donors (Lipinski definition) is 2. The van der Waals surface area contributed by atoms with E-state index in [0.29, 0.717) is 5.56 Å². The molecule has 0 spiro atoms. The summed E-state index contributed by atoms with van der Waals surface area (Å²) in [5.41, 5.74) is 0.0543. The number of halogens is 1. The maximum atomic E-state index is 12.5. The molecule has 27 heavy (non-hydrogen) atoms. The minimum Gasteiger partial charge on any atom is -0.444 e. The Morgan fingerprint density at radius 2 is 1.78 bits per heavy atom. The Morgan fingerprint density at radius 1 is 1.15 bits per heavy atom. The zero-order valence-corrected chi connectivity index (χ0v) is 17.8. The quantitative estimate of drug-likeness (QED) is 0.748. The average Bonchev–Trinajstić information content (AvgIpc) is 3.02. The molecule has 1 aromatic heterocycles. The molecule has 1 aromatic carbocycles. The van der Waals surface area contributed by atoms with Crippen LogP contribution < -0.4 is 10.6 Å². The highest BCUT2D eigenvalue weighted by Gasteiger charge is 2.24. The Balaban J connectivity index is 1.95. The van der Waals surface area contributed by atoms with Gasteiger partial charge in [-0.15, -0.1) is 0 Å². The number of aromatic nitrogens is 2. The van der Waals surface area contributed by atoms with E-state index in [2.05, 4.69) is 31.7 Å². The van der Waals surface area contributed by atoms with E-state index >= 15 is 0 Å². The summed E-state index contributed by atoms with van der Waals surface area (Å²) in [6.07, 6.45) is 2.65. The third kappa shape index (κ3) is 6.71. The number of alkyl carbamates (subject to hydrolysis) is 1. The number of nitrogens with zero attached hydrogens (tertiary/aromatic N) is 2. The molecule has 0 radical (unpaired) electrons. The fourth-order valence-corrected chi connectivity index (χ4v) is 2.47. The van der Waals surface area contributed by atoms with Gasteiger partial charge in [-0.2, -0.15) is 5.10 Å². The van der Waals surface area contributed by atoms with Gasteiger partial charge in [0.1, 0.15) is 5.60 Å². The molecule has 8 heteroatoms. The molecule has 0 saturated carbocycles. The molecule has 146 valence electrons. The van der Waals surface area contributed by atoms with Crippen LogP contribution in [0.5, 0.6) is 0 Å². The van der Waals surface area contributed by atoms with Gasteiger partial charge in [0.2, 0.25) is 0 Å². The first-order chi connectivity index (χ1) is 12.5. The standard InChI is InChI=1S/C19H25BrN4O3/c1-18(2,3)27-17(26)21-12-19(4,5)23-16(25)13-10-22-24(11-13)15-8-6-14(20)7-9-15/h6-11H,12H2,1-5H3,(H,21,26)(H,23,25). The van der Waals surface area contributed by atoms with Crippen molar-refractivity contribution >= 4 is 27.9 Å². The Hall–Kier alpha value is -2.35. The molecule has 2 aromatic rings. The molecule has 0 fully saturated rings. The maximum Gasteiger partial charge on any atom is 0.407 e. The number of hydrogen-bond acceptors (Lipinski definition) is 4. The number of nitrogens with one attached hydrogen (secondary N) is 2. The highest BCUT2D eigenvalue weighted by molar-refractivity contribution is 9.10. The van der Waals surface area contributed by atoms with Crippen LogP contribution in [0.1, 0.15) is 45.0 Å². The van der Waals surface area contributed by atoms with Crippen molar-refractivity contribution in [1.29, 1.82) is 0 Å². The molecule has 0 bridgehead atoms. The lowest BCUT2D eigenvalue weighted by Gasteiger charge is -2.27. The van der Waals surface area contributed by atoms with Gasteiger partial charge >= 0.3 is 6.09 Å². The first kappa shape index (κ1) is 21.0. The highest BCUT2D eigenvalue weighted by Crippen LogP contribution is 2.14. The van der Waals surface area contributed by atoms with Crippen molar-refractivity contribution in [1.82, 2.24) is 20.4 Å². The maximum absolute atomic E-state index is 12.5. The monoisotopic (exact) mass is 436 g/mol. The van der Waals surface area contributed by atoms with Crippen LogP contribution in [0, 0.1) is 0 Å². The minimum absolute atomic E-state index is 0.231. The second-order valence-electron chi connectivity index (χ2n) is 7.84. The van der Waals surface area contributed by atoms with E-state index in [4.69, 9.17) is 4.74 Å². The lowest BCUT2D eigenvalue weighted by molar-refractivity contribution is 0.0509. The average molecular weight is 437 g/mol. The van der Waals surface area contributed by atoms with Crippen molar-refractivity contribution in [3.63, 3.8) is 0 Å². The Labute approximate surface area is 167 Å². The molecule has 0 saturated heterocycles. The lowest BCUT2D eigenvalue weighted by atomic mass is 10.1. The number of amides is 2. The number of carbonyl (C=O) groups is 2. The zero-order valence-electron chi connectivity index (χ0n) is 16.2. The number of ether oxygens (including phenoxy) is 1. The van der Waals surface area contributed by atoms with Gasteiger partial charge in [0.05, 0.1) is 23.0 Å². The topological polar surface area (TPSA) is 85.2 Å². The molecular weight excluding hydrogens is 412 g/mol. The van der Waals surface area contributed by atoms with E-state index in [0.717, 1.165) is 10.2 Å². The Kier molecular flexibility index (Phi) is 6.30. The second kappa shape index (κ2) is 8.12. The van der Waals surface area contributed by atoms with Gasteiger partial charge in [-0.05, 0) is 58.9 Å². The second-order valence-corrected chi connectivity index (χ2v) is 8.76. The van der Waals surface area contributed by atoms with Crippen LogP contribution in [0.3, 0.4) is 0 Å². The molecule has 7 nitrogen and oxygen atoms in total. The van der Waals surface area contributed by atoms with Gasteiger partial charge in [-0.3, -0.25) is 4.79 Å². The summed E-state index contributed by atoms with van der Waals surface area (Å²) in [4.78, 5) is 24.3. The first-order valence-corrected chi connectivity index (χ1v) is 9.34. The highest BCUT2D eigenvalue weighted by atomic mass is 79.9. The number of carbonyl (C=O) groups excluding carboxylic acids is 2. The van der Waals surface area contributed by atoms with Crippen LogP contribution in [0.2, 0.25) is 0 Å². The van der Waals surface area contributed by atoms with Gasteiger partial charge in [0.25, 0.3) is 5.91 Å². The molecular formula is C19H25BrN4O3. The van der Waals surface area contributed by atoms with Crippen LogP contribution in [0.15, 0.2) is 41.1 Å². The molecule has 0 aliphatic rings. The van der Waals surface area contributed by atoms with Crippen molar-refractivity contribution in [2.75, 3.05) is 6.54 Å². The molecule has 0 aliphatic heterocycles. The summed E-state index contributed by atoms with van der Waals surface area (Å²) < 4.78 is 7.80. The van der Waals surface area contributed by atoms with Crippen LogP contribution >= 0.6 is 15.9 Å². The molecule has 2 amide bonds. The molecule has 2 N–H and O–H groups in total. The van der Waals surface area contributed by atoms with Crippen LogP contribution in [0.4, 0.5) is 4.79 Å². The zero-order chi connectivity index (χ0) is 20.2. The summed E-state index contributed by atoms with van der Waals surface area (Å²) in [5, 5.41) is 9.80. The normalized spacial score (nSPS) is 11.8. The van der Waals surface area contributed by atoms with Crippen molar-refractivity contribution in [2.45, 2.75) is 45.8 Å². The van der Waals surface area contributed by atoms with Crippen LogP contribution in [-0.2, 0) is 4.74 Å². The van der Waals surface area contributed by atoms with E-state index < -0.39 is 17.2 Å². The predicted molar refractivity (Wildman–Crippen MR) is 107 cm³/mol. The molecule has 2 rings (SSSR count). The largest absolute Gasteiger partial charge is 0.444 e. The lowest BCUT2D eigenvalue weighted by Crippen LogP contribution is -2.52. The number of rotatable bonds is 5. The summed E-state index contributed by atoms with van der Waals surface area (Å²) in [6.45, 7) is 9.26. The van der Waals surface area contributed by atoms with Crippen LogP contribution in [-0.4, -0.2) is 39.5 Å². The SMILES string of the molecule is CC(C)(CNC(=O)OC(C)(C)C)NC(=O)c1cnn(-c2ccc(Br)cc2)c1. The van der Waals surface area contributed by atoms with Crippen LogP contribution in [0.25, 0.3) is 5.69 Å². The van der Waals surface area contributed by atoms with Gasteiger partial charge < -0.3 is 15.4 Å². The fraction of sp³-hybridized carbons (Fsp3) is 0.421. The van der Waals surface area contributed by atoms with E-state index in [1.807, 2.05) is 38.1 Å². The Morgan fingerprint density at radius 3 is 2.37 bits per heavy atom. The van der Waals surface area contributed by atoms with Crippen molar-refractivity contribution in [3.8, 4) is 5.69 Å². The van der Waals surface area contributed by atoms with E-state index in [9.17, 15) is 9.59 Å². The predicted octanol–water partition coefficient (Wildman–Crippen LogP) is 3.67. The van der Waals surface area contributed by atoms with Gasteiger partial charge in [-0.25, -0.2) is 9.48 Å². The summed E-state index contributed by atoms with van der Waals surface area (Å²) in [7, 11) is 0. The van der Waals surface area contributed by atoms with E-state index in [-0.39, 0.29) is 12.5 Å². The number of benzene rings is 1.